The van der Waals surface area contributed by atoms with Crippen molar-refractivity contribution >= 4 is 11.7 Å². The number of urea groups is 1. The molecule has 0 radical (unpaired) electrons. The zero-order valence-electron chi connectivity index (χ0n) is 19.6. The third-order valence-electron chi connectivity index (χ3n) is 6.88. The summed E-state index contributed by atoms with van der Waals surface area (Å²) in [6.07, 6.45) is 5.67. The van der Waals surface area contributed by atoms with Gasteiger partial charge in [-0.2, -0.15) is 0 Å². The minimum Gasteiger partial charge on any atom is -0.323 e. The van der Waals surface area contributed by atoms with E-state index in [0.717, 1.165) is 55.8 Å². The first-order chi connectivity index (χ1) is 16.7. The molecule has 1 N–H and O–H groups in total. The van der Waals surface area contributed by atoms with Gasteiger partial charge in [0.25, 0.3) is 0 Å². The summed E-state index contributed by atoms with van der Waals surface area (Å²) in [5.74, 6) is 6.83. The largest absolute Gasteiger partial charge is 0.323 e. The van der Waals surface area contributed by atoms with Gasteiger partial charge in [-0.3, -0.25) is 9.88 Å². The van der Waals surface area contributed by atoms with Crippen LogP contribution in [0.1, 0.15) is 41.0 Å². The summed E-state index contributed by atoms with van der Waals surface area (Å²) in [5, 5.41) is 3.08. The molecule has 3 aromatic rings. The average molecular weight is 451 g/mol. The Kier molecular flexibility index (Phi) is 6.60. The van der Waals surface area contributed by atoms with Crippen LogP contribution in [0.25, 0.3) is 0 Å². The lowest BCUT2D eigenvalue weighted by Gasteiger charge is -2.30. The lowest BCUT2D eigenvalue weighted by atomic mass is 9.91. The van der Waals surface area contributed by atoms with E-state index in [1.165, 1.54) is 11.1 Å². The molecule has 2 saturated heterocycles. The SMILES string of the molecule is Cc1ccc(NC(=O)N2CCCN3CC[C@H](c4ccc(C#Cc5cccnc5)cc4)[C@@H]3C2)cc1. The molecule has 172 valence electrons. The lowest BCUT2D eigenvalue weighted by molar-refractivity contribution is 0.197. The Bertz CT molecular complexity index is 1180. The van der Waals surface area contributed by atoms with Crippen LogP contribution < -0.4 is 5.32 Å². The molecule has 0 bridgehead atoms. The van der Waals surface area contributed by atoms with E-state index in [-0.39, 0.29) is 6.03 Å². The number of nitrogens with zero attached hydrogens (tertiary/aromatic N) is 3. The Morgan fingerprint density at radius 3 is 2.53 bits per heavy atom. The quantitative estimate of drug-likeness (QED) is 0.566. The number of carbonyl (C=O) groups excluding carboxylic acids is 1. The van der Waals surface area contributed by atoms with Crippen molar-refractivity contribution in [3.63, 3.8) is 0 Å². The molecule has 2 aliphatic heterocycles. The second-order valence-electron chi connectivity index (χ2n) is 9.21. The standard InChI is InChI=1S/C29H30N4O/c1-22-5-13-26(14-6-22)31-29(34)33-18-3-17-32-19-15-27(28(32)21-33)25-11-9-23(10-12-25)7-8-24-4-2-16-30-20-24/h2,4-6,9-14,16,20,27-28H,3,15,17-19,21H2,1H3,(H,31,34)/t27-,28+/m1/s1. The molecule has 0 aliphatic carbocycles. The van der Waals surface area contributed by atoms with Crippen LogP contribution in [-0.2, 0) is 0 Å². The Morgan fingerprint density at radius 1 is 0.971 bits per heavy atom. The summed E-state index contributed by atoms with van der Waals surface area (Å²) in [5.41, 5.74) is 5.29. The van der Waals surface area contributed by atoms with Crippen LogP contribution in [0.5, 0.6) is 0 Å². The molecule has 2 atom stereocenters. The molecule has 2 amide bonds. The maximum absolute atomic E-state index is 13.0. The number of aromatic nitrogens is 1. The third-order valence-corrected chi connectivity index (χ3v) is 6.88. The molecule has 1 aromatic heterocycles. The molecule has 34 heavy (non-hydrogen) atoms. The molecular formula is C29H30N4O. The van der Waals surface area contributed by atoms with E-state index in [1.54, 1.807) is 12.4 Å². The van der Waals surface area contributed by atoms with Gasteiger partial charge in [0.05, 0.1) is 0 Å². The number of anilines is 1. The van der Waals surface area contributed by atoms with E-state index in [4.69, 9.17) is 0 Å². The normalized spacial score (nSPS) is 20.1. The number of benzene rings is 2. The van der Waals surface area contributed by atoms with Gasteiger partial charge in [-0.1, -0.05) is 41.7 Å². The van der Waals surface area contributed by atoms with Gasteiger partial charge >= 0.3 is 6.03 Å². The highest BCUT2D eigenvalue weighted by atomic mass is 16.2. The van der Waals surface area contributed by atoms with Crippen molar-refractivity contribution in [1.29, 1.82) is 0 Å². The zero-order chi connectivity index (χ0) is 23.3. The van der Waals surface area contributed by atoms with Crippen molar-refractivity contribution in [1.82, 2.24) is 14.8 Å². The first kappa shape index (κ1) is 22.2. The van der Waals surface area contributed by atoms with Crippen molar-refractivity contribution in [3.8, 4) is 11.8 Å². The van der Waals surface area contributed by atoms with E-state index in [0.29, 0.717) is 12.0 Å². The predicted octanol–water partition coefficient (Wildman–Crippen LogP) is 4.89. The molecular weight excluding hydrogens is 420 g/mol. The highest BCUT2D eigenvalue weighted by molar-refractivity contribution is 5.89. The number of fused-ring (bicyclic) bond motifs is 1. The molecule has 0 unspecified atom stereocenters. The van der Waals surface area contributed by atoms with E-state index >= 15 is 0 Å². The van der Waals surface area contributed by atoms with Crippen molar-refractivity contribution < 1.29 is 4.79 Å². The van der Waals surface area contributed by atoms with Crippen molar-refractivity contribution in [3.05, 3.63) is 95.3 Å². The van der Waals surface area contributed by atoms with Crippen LogP contribution in [0, 0.1) is 18.8 Å². The maximum Gasteiger partial charge on any atom is 0.321 e. The van der Waals surface area contributed by atoms with E-state index in [9.17, 15) is 4.79 Å². The Morgan fingerprint density at radius 2 is 1.76 bits per heavy atom. The van der Waals surface area contributed by atoms with Crippen LogP contribution in [0.4, 0.5) is 10.5 Å². The fourth-order valence-corrected chi connectivity index (χ4v) is 5.03. The van der Waals surface area contributed by atoms with Gasteiger partial charge in [-0.15, -0.1) is 0 Å². The number of amides is 2. The summed E-state index contributed by atoms with van der Waals surface area (Å²) in [6.45, 7) is 5.73. The number of aryl methyl sites for hydroxylation is 1. The van der Waals surface area contributed by atoms with Crippen molar-refractivity contribution in [2.45, 2.75) is 31.7 Å². The number of nitrogens with one attached hydrogen (secondary N) is 1. The van der Waals surface area contributed by atoms with E-state index in [1.807, 2.05) is 41.3 Å². The van der Waals surface area contributed by atoms with Crippen LogP contribution in [0.2, 0.25) is 0 Å². The third kappa shape index (κ3) is 5.13. The second kappa shape index (κ2) is 10.1. The Balaban J connectivity index is 1.27. The molecule has 3 heterocycles. The summed E-state index contributed by atoms with van der Waals surface area (Å²) in [6, 6.07) is 20.8. The first-order valence-corrected chi connectivity index (χ1v) is 12.0. The van der Waals surface area contributed by atoms with Gasteiger partial charge in [-0.05, 0) is 68.3 Å². The highest BCUT2D eigenvalue weighted by Gasteiger charge is 2.38. The fraction of sp³-hybridized carbons (Fsp3) is 0.310. The van der Waals surface area contributed by atoms with Gasteiger partial charge in [0.1, 0.15) is 0 Å². The lowest BCUT2D eigenvalue weighted by Crippen LogP contribution is -2.43. The molecule has 2 fully saturated rings. The summed E-state index contributed by atoms with van der Waals surface area (Å²) in [4.78, 5) is 21.7. The zero-order valence-corrected chi connectivity index (χ0v) is 19.6. The minimum atomic E-state index is -0.00243. The minimum absolute atomic E-state index is 0.00243. The summed E-state index contributed by atoms with van der Waals surface area (Å²) >= 11 is 0. The van der Waals surface area contributed by atoms with Crippen LogP contribution >= 0.6 is 0 Å². The summed E-state index contributed by atoms with van der Waals surface area (Å²) < 4.78 is 0. The molecule has 0 saturated carbocycles. The summed E-state index contributed by atoms with van der Waals surface area (Å²) in [7, 11) is 0. The van der Waals surface area contributed by atoms with Crippen LogP contribution in [0.3, 0.4) is 0 Å². The van der Waals surface area contributed by atoms with Gasteiger partial charge in [0.15, 0.2) is 0 Å². The molecule has 2 aromatic carbocycles. The monoisotopic (exact) mass is 450 g/mol. The van der Waals surface area contributed by atoms with E-state index in [2.05, 4.69) is 58.2 Å². The average Bonchev–Trinajstić information content (AvgIpc) is 3.14. The van der Waals surface area contributed by atoms with Crippen LogP contribution in [-0.4, -0.2) is 53.0 Å². The first-order valence-electron chi connectivity index (χ1n) is 12.0. The second-order valence-corrected chi connectivity index (χ2v) is 9.21. The van der Waals surface area contributed by atoms with E-state index < -0.39 is 0 Å². The highest BCUT2D eigenvalue weighted by Crippen LogP contribution is 2.35. The van der Waals surface area contributed by atoms with Crippen molar-refractivity contribution in [2.24, 2.45) is 0 Å². The smallest absolute Gasteiger partial charge is 0.321 e. The topological polar surface area (TPSA) is 48.5 Å². The Labute approximate surface area is 201 Å². The molecule has 5 nitrogen and oxygen atoms in total. The number of rotatable bonds is 2. The Hall–Kier alpha value is -3.62. The van der Waals surface area contributed by atoms with Gasteiger partial charge in [-0.25, -0.2) is 4.79 Å². The number of hydrogen-bond donors (Lipinski definition) is 1. The molecule has 5 rings (SSSR count). The van der Waals surface area contributed by atoms with Crippen molar-refractivity contribution in [2.75, 3.05) is 31.5 Å². The molecule has 2 aliphatic rings. The number of carbonyl (C=O) groups is 1. The van der Waals surface area contributed by atoms with Gasteiger partial charge in [0, 0.05) is 60.8 Å². The molecule has 5 heteroatoms. The molecule has 0 spiro atoms. The fourth-order valence-electron chi connectivity index (χ4n) is 5.03. The van der Waals surface area contributed by atoms with Gasteiger partial charge in [0.2, 0.25) is 0 Å². The number of hydrogen-bond acceptors (Lipinski definition) is 3. The van der Waals surface area contributed by atoms with Crippen LogP contribution in [0.15, 0.2) is 73.1 Å². The van der Waals surface area contributed by atoms with Gasteiger partial charge < -0.3 is 10.2 Å². The predicted molar refractivity (Wildman–Crippen MR) is 136 cm³/mol. The maximum atomic E-state index is 13.0. The number of pyridine rings is 1.